The van der Waals surface area contributed by atoms with Crippen LogP contribution in [0, 0.1) is 0 Å². The minimum atomic E-state index is -0.979. The molecule has 6 heteroatoms. The molecule has 1 aromatic rings. The molecule has 0 unspecified atom stereocenters. The molecule has 0 spiro atoms. The molecule has 1 rings (SSSR count). The van der Waals surface area contributed by atoms with E-state index in [2.05, 4.69) is 5.10 Å². The molecule has 1 atom stereocenters. The Morgan fingerprint density at radius 2 is 2.40 bits per heavy atom. The van der Waals surface area contributed by atoms with E-state index in [1.54, 1.807) is 10.9 Å². The fourth-order valence-electron chi connectivity index (χ4n) is 0.996. The maximum Gasteiger partial charge on any atom is 0.321 e. The lowest BCUT2D eigenvalue weighted by Crippen LogP contribution is -2.46. The largest absolute Gasteiger partial charge is 0.480 e. The molecule has 1 heterocycles. The molecule has 0 radical (unpaired) electrons. The number of nitrogens with zero attached hydrogens (tertiary/aromatic N) is 2. The van der Waals surface area contributed by atoms with Gasteiger partial charge in [0.2, 0.25) is 0 Å². The van der Waals surface area contributed by atoms with Crippen LogP contribution in [-0.4, -0.2) is 31.6 Å². The van der Waals surface area contributed by atoms with Crippen LogP contribution in [0.3, 0.4) is 0 Å². The van der Waals surface area contributed by atoms with Gasteiger partial charge < -0.3 is 10.8 Å². The Balaban J connectivity index is 2.53. The van der Waals surface area contributed by atoms with E-state index in [9.17, 15) is 4.79 Å². The molecule has 5 nitrogen and oxygen atoms in total. The van der Waals surface area contributed by atoms with Crippen LogP contribution in [-0.2, 0) is 10.7 Å². The number of carbonyl (C=O) groups is 1. The van der Waals surface area contributed by atoms with Gasteiger partial charge in [0.15, 0.2) is 0 Å². The zero-order chi connectivity index (χ0) is 11.5. The average molecular weight is 229 g/mol. The lowest BCUT2D eigenvalue weighted by atomic mass is 10.1. The van der Waals surface area contributed by atoms with Crippen molar-refractivity contribution in [1.82, 2.24) is 9.78 Å². The van der Waals surface area contributed by atoms with Gasteiger partial charge in [-0.05, 0) is 19.9 Å². The fraction of sp³-hybridized carbons (Fsp3) is 0.556. The summed E-state index contributed by atoms with van der Waals surface area (Å²) in [6, 6.07) is 0.947. The summed E-state index contributed by atoms with van der Waals surface area (Å²) in [7, 11) is 0. The predicted molar refractivity (Wildman–Crippen MR) is 59.5 cm³/mol. The highest BCUT2D eigenvalue weighted by Crippen LogP contribution is 2.28. The smallest absolute Gasteiger partial charge is 0.321 e. The van der Waals surface area contributed by atoms with E-state index in [4.69, 9.17) is 10.8 Å². The quantitative estimate of drug-likeness (QED) is 0.779. The van der Waals surface area contributed by atoms with E-state index in [1.807, 2.05) is 26.1 Å². The Morgan fingerprint density at radius 1 is 1.73 bits per heavy atom. The summed E-state index contributed by atoms with van der Waals surface area (Å²) in [5.74, 6) is -0.381. The second-order valence-corrected chi connectivity index (χ2v) is 5.34. The van der Waals surface area contributed by atoms with Gasteiger partial charge in [0.05, 0.1) is 5.88 Å². The molecule has 0 aromatic carbocycles. The Bertz CT molecular complexity index is 324. The number of carboxylic acids is 1. The van der Waals surface area contributed by atoms with Crippen LogP contribution in [0.25, 0.3) is 0 Å². The summed E-state index contributed by atoms with van der Waals surface area (Å²) in [4.78, 5) is 10.7. The van der Waals surface area contributed by atoms with Crippen LogP contribution in [0.4, 0.5) is 0 Å². The Kier molecular flexibility index (Phi) is 3.76. The van der Waals surface area contributed by atoms with Gasteiger partial charge in [0, 0.05) is 17.1 Å². The molecule has 0 amide bonds. The minimum absolute atomic E-state index is 0.516. The molecule has 0 bridgehead atoms. The Morgan fingerprint density at radius 3 is 2.87 bits per heavy atom. The Hall–Kier alpha value is -1.01. The van der Waals surface area contributed by atoms with Crippen LogP contribution < -0.4 is 5.73 Å². The van der Waals surface area contributed by atoms with E-state index in [1.165, 1.54) is 11.8 Å². The zero-order valence-corrected chi connectivity index (χ0v) is 9.57. The number of nitrogens with two attached hydrogens (primary N) is 1. The van der Waals surface area contributed by atoms with E-state index >= 15 is 0 Å². The first kappa shape index (κ1) is 12.1. The highest BCUT2D eigenvalue weighted by molar-refractivity contribution is 7.99. The molecule has 0 saturated heterocycles. The molecule has 0 aliphatic carbocycles. The average Bonchev–Trinajstić information content (AvgIpc) is 2.66. The molecule has 84 valence electrons. The molecular formula is C9H15N3O2S. The lowest BCUT2D eigenvalue weighted by Gasteiger charge is -2.27. The third-order valence-corrected chi connectivity index (χ3v) is 3.53. The van der Waals surface area contributed by atoms with Gasteiger partial charge >= 0.3 is 5.97 Å². The Labute approximate surface area is 92.6 Å². The fourth-order valence-corrected chi connectivity index (χ4v) is 1.89. The third kappa shape index (κ3) is 3.24. The molecule has 0 saturated carbocycles. The molecule has 0 fully saturated rings. The first-order valence-corrected chi connectivity index (χ1v) is 5.52. The first-order valence-electron chi connectivity index (χ1n) is 4.53. The SMILES string of the molecule is CC(C)(SCn1cccn1)[C@@H](N)C(=O)O. The summed E-state index contributed by atoms with van der Waals surface area (Å²) < 4.78 is 1.22. The summed E-state index contributed by atoms with van der Waals surface area (Å²) >= 11 is 1.47. The van der Waals surface area contributed by atoms with Crippen molar-refractivity contribution in [2.75, 3.05) is 0 Å². The number of rotatable bonds is 5. The standard InChI is InChI=1S/C9H15N3O2S/c1-9(2,7(10)8(13)14)15-6-12-5-3-4-11-12/h3-5,7H,6,10H2,1-2H3,(H,13,14)/t7-/m0/s1. The van der Waals surface area contributed by atoms with Crippen molar-refractivity contribution in [3.63, 3.8) is 0 Å². The van der Waals surface area contributed by atoms with Gasteiger partial charge in [-0.2, -0.15) is 5.10 Å². The lowest BCUT2D eigenvalue weighted by molar-refractivity contribution is -0.139. The summed E-state index contributed by atoms with van der Waals surface area (Å²) in [5, 5.41) is 12.8. The molecular weight excluding hydrogens is 214 g/mol. The van der Waals surface area contributed by atoms with E-state index < -0.39 is 16.8 Å². The third-order valence-electron chi connectivity index (χ3n) is 2.14. The minimum Gasteiger partial charge on any atom is -0.480 e. The van der Waals surface area contributed by atoms with Crippen molar-refractivity contribution in [3.8, 4) is 0 Å². The van der Waals surface area contributed by atoms with Gasteiger partial charge in [-0.3, -0.25) is 9.48 Å². The van der Waals surface area contributed by atoms with Crippen molar-refractivity contribution in [1.29, 1.82) is 0 Å². The van der Waals surface area contributed by atoms with Crippen molar-refractivity contribution in [2.45, 2.75) is 30.5 Å². The van der Waals surface area contributed by atoms with E-state index in [0.717, 1.165) is 0 Å². The topological polar surface area (TPSA) is 81.1 Å². The summed E-state index contributed by atoms with van der Waals surface area (Å²) in [5.41, 5.74) is 5.58. The summed E-state index contributed by atoms with van der Waals surface area (Å²) in [6.07, 6.45) is 3.51. The molecule has 15 heavy (non-hydrogen) atoms. The summed E-state index contributed by atoms with van der Waals surface area (Å²) in [6.45, 7) is 3.64. The van der Waals surface area contributed by atoms with Crippen LogP contribution in [0.5, 0.6) is 0 Å². The molecule has 3 N–H and O–H groups in total. The zero-order valence-electron chi connectivity index (χ0n) is 8.75. The second kappa shape index (κ2) is 4.67. The first-order chi connectivity index (χ1) is 6.93. The van der Waals surface area contributed by atoms with Crippen molar-refractivity contribution < 1.29 is 9.90 Å². The number of hydrogen-bond donors (Lipinski definition) is 2. The maximum atomic E-state index is 10.7. The molecule has 0 aliphatic heterocycles. The van der Waals surface area contributed by atoms with Crippen molar-refractivity contribution in [3.05, 3.63) is 18.5 Å². The van der Waals surface area contributed by atoms with Gasteiger partial charge in [-0.1, -0.05) is 0 Å². The van der Waals surface area contributed by atoms with Crippen LogP contribution >= 0.6 is 11.8 Å². The van der Waals surface area contributed by atoms with Crippen LogP contribution in [0.1, 0.15) is 13.8 Å². The van der Waals surface area contributed by atoms with Crippen molar-refractivity contribution >= 4 is 17.7 Å². The van der Waals surface area contributed by atoms with Gasteiger partial charge in [-0.15, -0.1) is 11.8 Å². The highest BCUT2D eigenvalue weighted by Gasteiger charge is 2.32. The predicted octanol–water partition coefficient (Wildman–Crippen LogP) is 0.764. The van der Waals surface area contributed by atoms with E-state index in [0.29, 0.717) is 5.88 Å². The number of thioether (sulfide) groups is 1. The monoisotopic (exact) mass is 229 g/mol. The number of carboxylic acid groups (broad SMARTS) is 1. The van der Waals surface area contributed by atoms with Crippen molar-refractivity contribution in [2.24, 2.45) is 5.73 Å². The normalized spacial score (nSPS) is 13.8. The highest BCUT2D eigenvalue weighted by atomic mass is 32.2. The van der Waals surface area contributed by atoms with Crippen LogP contribution in [0.15, 0.2) is 18.5 Å². The second-order valence-electron chi connectivity index (χ2n) is 3.74. The van der Waals surface area contributed by atoms with Crippen LogP contribution in [0.2, 0.25) is 0 Å². The maximum absolute atomic E-state index is 10.7. The molecule has 1 aromatic heterocycles. The van der Waals surface area contributed by atoms with Gasteiger partial charge in [0.25, 0.3) is 0 Å². The van der Waals surface area contributed by atoms with Gasteiger partial charge in [-0.25, -0.2) is 0 Å². The molecule has 0 aliphatic rings. The number of aliphatic carboxylic acids is 1. The van der Waals surface area contributed by atoms with Gasteiger partial charge in [0.1, 0.15) is 6.04 Å². The number of hydrogen-bond acceptors (Lipinski definition) is 4. The number of aromatic nitrogens is 2. The van der Waals surface area contributed by atoms with E-state index in [-0.39, 0.29) is 0 Å².